The highest BCUT2D eigenvalue weighted by Gasteiger charge is 2.04. The molecule has 1 aromatic carbocycles. The largest absolute Gasteiger partial charge is 0.460 e. The average molecular weight is 221 g/mol. The van der Waals surface area contributed by atoms with Crippen LogP contribution in [0.5, 0.6) is 0 Å². The fourth-order valence-electron chi connectivity index (χ4n) is 1.19. The van der Waals surface area contributed by atoms with Gasteiger partial charge in [0.25, 0.3) is 0 Å². The summed E-state index contributed by atoms with van der Waals surface area (Å²) in [5.74, 6) is -0.204. The molecule has 1 N–H and O–H groups in total. The first-order valence-electron chi connectivity index (χ1n) is 5.65. The molecular formula is C13H19NO2. The van der Waals surface area contributed by atoms with Gasteiger partial charge in [-0.1, -0.05) is 37.3 Å². The molecule has 0 heterocycles. The summed E-state index contributed by atoms with van der Waals surface area (Å²) < 4.78 is 5.12. The Kier molecular flexibility index (Phi) is 5.57. The Balaban J connectivity index is 2.20. The molecule has 1 unspecified atom stereocenters. The predicted molar refractivity (Wildman–Crippen MR) is 64.0 cm³/mol. The Bertz CT molecular complexity index is 311. The molecule has 1 rings (SSSR count). The highest BCUT2D eigenvalue weighted by atomic mass is 16.5. The van der Waals surface area contributed by atoms with Crippen molar-refractivity contribution in [3.8, 4) is 0 Å². The molecule has 3 nitrogen and oxygen atoms in total. The lowest BCUT2D eigenvalue weighted by Gasteiger charge is -2.10. The van der Waals surface area contributed by atoms with Gasteiger partial charge in [-0.3, -0.25) is 4.79 Å². The van der Waals surface area contributed by atoms with Gasteiger partial charge in [-0.15, -0.1) is 0 Å². The van der Waals surface area contributed by atoms with Crippen molar-refractivity contribution in [2.45, 2.75) is 32.9 Å². The van der Waals surface area contributed by atoms with Gasteiger partial charge in [-0.25, -0.2) is 0 Å². The molecule has 0 aliphatic heterocycles. The van der Waals surface area contributed by atoms with Crippen molar-refractivity contribution in [3.05, 3.63) is 35.9 Å². The van der Waals surface area contributed by atoms with E-state index in [1.165, 1.54) is 0 Å². The zero-order valence-corrected chi connectivity index (χ0v) is 9.90. The van der Waals surface area contributed by atoms with Gasteiger partial charge in [-0.2, -0.15) is 0 Å². The van der Waals surface area contributed by atoms with E-state index in [4.69, 9.17) is 4.74 Å². The minimum absolute atomic E-state index is 0.204. The summed E-state index contributed by atoms with van der Waals surface area (Å²) in [5.41, 5.74) is 1.01. The van der Waals surface area contributed by atoms with E-state index in [-0.39, 0.29) is 12.5 Å². The smallest absolute Gasteiger partial charge is 0.320 e. The Labute approximate surface area is 96.8 Å². The van der Waals surface area contributed by atoms with Crippen LogP contribution in [0, 0.1) is 0 Å². The van der Waals surface area contributed by atoms with Crippen LogP contribution < -0.4 is 5.32 Å². The molecular weight excluding hydrogens is 202 g/mol. The topological polar surface area (TPSA) is 38.3 Å². The SMILES string of the molecule is CCC(C)NCC(=O)OCc1ccccc1. The van der Waals surface area contributed by atoms with Crippen LogP contribution in [-0.4, -0.2) is 18.6 Å². The van der Waals surface area contributed by atoms with E-state index < -0.39 is 0 Å². The van der Waals surface area contributed by atoms with E-state index >= 15 is 0 Å². The highest BCUT2D eigenvalue weighted by Crippen LogP contribution is 2.00. The van der Waals surface area contributed by atoms with Crippen LogP contribution in [-0.2, 0) is 16.1 Å². The third-order valence-corrected chi connectivity index (χ3v) is 2.45. The summed E-state index contributed by atoms with van der Waals surface area (Å²) in [6.45, 7) is 4.75. The number of carbonyl (C=O) groups excluding carboxylic acids is 1. The predicted octanol–water partition coefficient (Wildman–Crippen LogP) is 2.12. The summed E-state index contributed by atoms with van der Waals surface area (Å²) in [7, 11) is 0. The van der Waals surface area contributed by atoms with Crippen LogP contribution in [0.25, 0.3) is 0 Å². The maximum atomic E-state index is 11.4. The first kappa shape index (κ1) is 12.7. The van der Waals surface area contributed by atoms with Gasteiger partial charge < -0.3 is 10.1 Å². The molecule has 0 saturated carbocycles. The van der Waals surface area contributed by atoms with Crippen molar-refractivity contribution >= 4 is 5.97 Å². The fraction of sp³-hybridized carbons (Fsp3) is 0.462. The zero-order chi connectivity index (χ0) is 11.8. The average Bonchev–Trinajstić information content (AvgIpc) is 2.34. The fourth-order valence-corrected chi connectivity index (χ4v) is 1.19. The zero-order valence-electron chi connectivity index (χ0n) is 9.90. The molecule has 0 aliphatic carbocycles. The van der Waals surface area contributed by atoms with Crippen LogP contribution in [0.2, 0.25) is 0 Å². The third kappa shape index (κ3) is 4.94. The molecule has 0 aliphatic rings. The van der Waals surface area contributed by atoms with Gasteiger partial charge in [0.2, 0.25) is 0 Å². The van der Waals surface area contributed by atoms with Gasteiger partial charge in [0.15, 0.2) is 0 Å². The van der Waals surface area contributed by atoms with E-state index in [1.807, 2.05) is 37.3 Å². The number of ether oxygens (including phenoxy) is 1. The second-order valence-corrected chi connectivity index (χ2v) is 3.84. The highest BCUT2D eigenvalue weighted by molar-refractivity contribution is 5.71. The van der Waals surface area contributed by atoms with E-state index in [0.29, 0.717) is 12.6 Å². The van der Waals surface area contributed by atoms with Gasteiger partial charge in [0.05, 0.1) is 6.54 Å². The normalized spacial score (nSPS) is 12.1. The summed E-state index contributed by atoms with van der Waals surface area (Å²) in [6, 6.07) is 10.0. The Morgan fingerprint density at radius 2 is 2.06 bits per heavy atom. The Morgan fingerprint density at radius 1 is 1.38 bits per heavy atom. The maximum absolute atomic E-state index is 11.4. The Hall–Kier alpha value is -1.35. The van der Waals surface area contributed by atoms with Gasteiger partial charge in [0, 0.05) is 6.04 Å². The van der Waals surface area contributed by atoms with Crippen LogP contribution in [0.3, 0.4) is 0 Å². The van der Waals surface area contributed by atoms with Gasteiger partial charge in [-0.05, 0) is 18.9 Å². The number of esters is 1. The van der Waals surface area contributed by atoms with Crippen LogP contribution >= 0.6 is 0 Å². The molecule has 0 radical (unpaired) electrons. The number of rotatable bonds is 6. The minimum Gasteiger partial charge on any atom is -0.460 e. The van der Waals surface area contributed by atoms with E-state index in [0.717, 1.165) is 12.0 Å². The second kappa shape index (κ2) is 7.01. The summed E-state index contributed by atoms with van der Waals surface area (Å²) in [6.07, 6.45) is 1.01. The van der Waals surface area contributed by atoms with Crippen molar-refractivity contribution in [2.24, 2.45) is 0 Å². The molecule has 0 aromatic heterocycles. The monoisotopic (exact) mass is 221 g/mol. The van der Waals surface area contributed by atoms with E-state index in [9.17, 15) is 4.79 Å². The number of carbonyl (C=O) groups is 1. The molecule has 88 valence electrons. The quantitative estimate of drug-likeness (QED) is 0.748. The molecule has 16 heavy (non-hydrogen) atoms. The van der Waals surface area contributed by atoms with Crippen molar-refractivity contribution in [1.29, 1.82) is 0 Å². The van der Waals surface area contributed by atoms with E-state index in [1.54, 1.807) is 0 Å². The maximum Gasteiger partial charge on any atom is 0.320 e. The second-order valence-electron chi connectivity index (χ2n) is 3.84. The van der Waals surface area contributed by atoms with Crippen molar-refractivity contribution in [2.75, 3.05) is 6.54 Å². The molecule has 0 saturated heterocycles. The standard InChI is InChI=1S/C13H19NO2/c1-3-11(2)14-9-13(15)16-10-12-7-5-4-6-8-12/h4-8,11,14H,3,9-10H2,1-2H3. The van der Waals surface area contributed by atoms with Crippen molar-refractivity contribution in [1.82, 2.24) is 5.32 Å². The molecule has 0 bridgehead atoms. The summed E-state index contributed by atoms with van der Waals surface area (Å²) in [4.78, 5) is 11.4. The minimum atomic E-state index is -0.204. The van der Waals surface area contributed by atoms with Gasteiger partial charge >= 0.3 is 5.97 Å². The summed E-state index contributed by atoms with van der Waals surface area (Å²) >= 11 is 0. The van der Waals surface area contributed by atoms with Crippen LogP contribution in [0.15, 0.2) is 30.3 Å². The number of hydrogen-bond donors (Lipinski definition) is 1. The molecule has 1 aromatic rings. The Morgan fingerprint density at radius 3 is 2.69 bits per heavy atom. The van der Waals surface area contributed by atoms with Crippen LogP contribution in [0.4, 0.5) is 0 Å². The van der Waals surface area contributed by atoms with E-state index in [2.05, 4.69) is 12.2 Å². The third-order valence-electron chi connectivity index (χ3n) is 2.45. The lowest BCUT2D eigenvalue weighted by Crippen LogP contribution is -2.31. The first-order chi connectivity index (χ1) is 7.72. The molecule has 3 heteroatoms. The van der Waals surface area contributed by atoms with Gasteiger partial charge in [0.1, 0.15) is 6.61 Å². The number of nitrogens with one attached hydrogen (secondary N) is 1. The lowest BCUT2D eigenvalue weighted by atomic mass is 10.2. The number of hydrogen-bond acceptors (Lipinski definition) is 3. The lowest BCUT2D eigenvalue weighted by molar-refractivity contribution is -0.144. The van der Waals surface area contributed by atoms with Crippen LogP contribution in [0.1, 0.15) is 25.8 Å². The van der Waals surface area contributed by atoms with Crippen molar-refractivity contribution in [3.63, 3.8) is 0 Å². The summed E-state index contributed by atoms with van der Waals surface area (Å²) in [5, 5.41) is 3.09. The first-order valence-corrected chi connectivity index (χ1v) is 5.65. The molecule has 0 amide bonds. The molecule has 0 spiro atoms. The molecule has 0 fully saturated rings. The number of benzene rings is 1. The molecule has 1 atom stereocenters. The van der Waals surface area contributed by atoms with Crippen molar-refractivity contribution < 1.29 is 9.53 Å².